The molecule has 2 aliphatic heterocycles. The third kappa shape index (κ3) is 3.22. The number of nitrogens with zero attached hydrogens (tertiary/aromatic N) is 2. The molecular weight excluding hydrogens is 328 g/mol. The van der Waals surface area contributed by atoms with Gasteiger partial charge in [-0.25, -0.2) is 8.42 Å². The number of fused-ring (bicyclic) bond motifs is 1. The lowest BCUT2D eigenvalue weighted by Crippen LogP contribution is -2.53. The molecule has 0 spiro atoms. The summed E-state index contributed by atoms with van der Waals surface area (Å²) >= 11 is 0. The topological polar surface area (TPSA) is 66.9 Å². The Morgan fingerprint density at radius 3 is 2.58 bits per heavy atom. The fraction of sp³-hybridized carbons (Fsp3) is 0.588. The van der Waals surface area contributed by atoms with Crippen LogP contribution < -0.4 is 9.04 Å². The van der Waals surface area contributed by atoms with Crippen LogP contribution in [0.2, 0.25) is 0 Å². The highest BCUT2D eigenvalue weighted by Crippen LogP contribution is 2.35. The molecular formula is C17H24N2O4S. The lowest BCUT2D eigenvalue weighted by atomic mass is 9.99. The van der Waals surface area contributed by atoms with Crippen LogP contribution in [0.3, 0.4) is 0 Å². The molecule has 2 heterocycles. The maximum absolute atomic E-state index is 12.8. The zero-order chi connectivity index (χ0) is 17.3. The van der Waals surface area contributed by atoms with Gasteiger partial charge >= 0.3 is 0 Å². The Labute approximate surface area is 143 Å². The van der Waals surface area contributed by atoms with Crippen molar-refractivity contribution in [3.8, 4) is 5.75 Å². The fourth-order valence-electron chi connectivity index (χ4n) is 3.18. The van der Waals surface area contributed by atoms with Gasteiger partial charge < -0.3 is 9.64 Å². The van der Waals surface area contributed by atoms with Gasteiger partial charge in [0.2, 0.25) is 10.0 Å². The van der Waals surface area contributed by atoms with E-state index in [1.165, 1.54) is 4.31 Å². The summed E-state index contributed by atoms with van der Waals surface area (Å²) < 4.78 is 32.1. The van der Waals surface area contributed by atoms with Crippen molar-refractivity contribution in [1.29, 1.82) is 0 Å². The highest BCUT2D eigenvalue weighted by atomic mass is 32.2. The molecule has 1 amide bonds. The van der Waals surface area contributed by atoms with E-state index in [0.29, 0.717) is 30.4 Å². The molecule has 7 heteroatoms. The van der Waals surface area contributed by atoms with Gasteiger partial charge in [-0.05, 0) is 37.8 Å². The lowest BCUT2D eigenvalue weighted by Gasteiger charge is -2.38. The number of carbonyl (C=O) groups is 1. The first-order valence-electron chi connectivity index (χ1n) is 8.47. The summed E-state index contributed by atoms with van der Waals surface area (Å²) in [7, 11) is -3.46. The standard InChI is InChI=1S/C17H24N2O4S/c1-3-24(21,22)19-12-16(23-15-7-5-4-6-14(15)19)17(20)18-10-8-13(2)9-11-18/h4-7,13,16H,3,8-12H2,1-2H3/t16-/m1/s1. The van der Waals surface area contributed by atoms with Gasteiger partial charge in [0.25, 0.3) is 5.91 Å². The van der Waals surface area contributed by atoms with Crippen molar-refractivity contribution >= 4 is 21.6 Å². The maximum atomic E-state index is 12.8. The number of benzene rings is 1. The second-order valence-corrected chi connectivity index (χ2v) is 8.70. The van der Waals surface area contributed by atoms with Crippen molar-refractivity contribution < 1.29 is 17.9 Å². The number of hydrogen-bond donors (Lipinski definition) is 0. The van der Waals surface area contributed by atoms with Crippen LogP contribution in [0.5, 0.6) is 5.75 Å². The first-order chi connectivity index (χ1) is 11.4. The zero-order valence-corrected chi connectivity index (χ0v) is 15.0. The first kappa shape index (κ1) is 17.1. The molecule has 1 aromatic carbocycles. The smallest absolute Gasteiger partial charge is 0.265 e. The summed E-state index contributed by atoms with van der Waals surface area (Å²) in [4.78, 5) is 14.6. The second-order valence-electron chi connectivity index (χ2n) is 6.51. The Hall–Kier alpha value is -1.76. The Bertz CT molecular complexity index is 711. The first-order valence-corrected chi connectivity index (χ1v) is 10.1. The van der Waals surface area contributed by atoms with E-state index < -0.39 is 16.1 Å². The molecule has 132 valence electrons. The molecule has 1 aromatic rings. The van der Waals surface area contributed by atoms with Gasteiger partial charge in [-0.2, -0.15) is 0 Å². The number of carbonyl (C=O) groups excluding carboxylic acids is 1. The van der Waals surface area contributed by atoms with Crippen molar-refractivity contribution in [2.75, 3.05) is 29.7 Å². The molecule has 0 radical (unpaired) electrons. The molecule has 1 saturated heterocycles. The van der Waals surface area contributed by atoms with Gasteiger partial charge in [0.15, 0.2) is 6.10 Å². The van der Waals surface area contributed by atoms with Gasteiger partial charge in [0.1, 0.15) is 5.75 Å². The molecule has 24 heavy (non-hydrogen) atoms. The Kier molecular flexibility index (Phi) is 4.71. The van der Waals surface area contributed by atoms with Gasteiger partial charge in [-0.15, -0.1) is 0 Å². The number of para-hydroxylation sites is 2. The summed E-state index contributed by atoms with van der Waals surface area (Å²) in [5.74, 6) is 0.944. The summed E-state index contributed by atoms with van der Waals surface area (Å²) in [5.41, 5.74) is 0.510. The number of piperidine rings is 1. The normalized spacial score (nSPS) is 22.0. The van der Waals surface area contributed by atoms with Gasteiger partial charge in [0.05, 0.1) is 18.0 Å². The predicted octanol–water partition coefficient (Wildman–Crippen LogP) is 1.86. The Morgan fingerprint density at radius 2 is 1.92 bits per heavy atom. The summed E-state index contributed by atoms with van der Waals surface area (Å²) in [6.45, 7) is 5.25. The number of likely N-dealkylation sites (tertiary alicyclic amines) is 1. The molecule has 0 saturated carbocycles. The highest BCUT2D eigenvalue weighted by Gasteiger charge is 2.38. The van der Waals surface area contributed by atoms with Gasteiger partial charge in [-0.1, -0.05) is 19.1 Å². The monoisotopic (exact) mass is 352 g/mol. The van der Waals surface area contributed by atoms with Crippen molar-refractivity contribution in [3.05, 3.63) is 24.3 Å². The van der Waals surface area contributed by atoms with E-state index in [4.69, 9.17) is 4.74 Å². The largest absolute Gasteiger partial charge is 0.476 e. The number of ether oxygens (including phenoxy) is 1. The third-order valence-corrected chi connectivity index (χ3v) is 6.55. The van der Waals surface area contributed by atoms with Crippen molar-refractivity contribution in [2.24, 2.45) is 5.92 Å². The van der Waals surface area contributed by atoms with Crippen LogP contribution in [-0.4, -0.2) is 50.7 Å². The van der Waals surface area contributed by atoms with Crippen molar-refractivity contribution in [2.45, 2.75) is 32.8 Å². The van der Waals surface area contributed by atoms with Crippen LogP contribution in [0.4, 0.5) is 5.69 Å². The van der Waals surface area contributed by atoms with E-state index in [9.17, 15) is 13.2 Å². The van der Waals surface area contributed by atoms with Crippen LogP contribution in [0, 0.1) is 5.92 Å². The van der Waals surface area contributed by atoms with Crippen LogP contribution in [0.15, 0.2) is 24.3 Å². The van der Waals surface area contributed by atoms with Crippen LogP contribution in [0.25, 0.3) is 0 Å². The number of anilines is 1. The predicted molar refractivity (Wildman–Crippen MR) is 92.6 cm³/mol. The number of hydrogen-bond acceptors (Lipinski definition) is 4. The van der Waals surface area contributed by atoms with E-state index in [0.717, 1.165) is 12.8 Å². The number of rotatable bonds is 3. The minimum atomic E-state index is -3.46. The molecule has 1 fully saturated rings. The summed E-state index contributed by atoms with van der Waals surface area (Å²) in [6, 6.07) is 6.98. The van der Waals surface area contributed by atoms with E-state index in [1.54, 1.807) is 36.1 Å². The average Bonchev–Trinajstić information content (AvgIpc) is 2.60. The minimum Gasteiger partial charge on any atom is -0.476 e. The van der Waals surface area contributed by atoms with Gasteiger partial charge in [0, 0.05) is 13.1 Å². The molecule has 0 unspecified atom stereocenters. The molecule has 3 rings (SSSR count). The van der Waals surface area contributed by atoms with Crippen LogP contribution in [0.1, 0.15) is 26.7 Å². The second kappa shape index (κ2) is 6.63. The maximum Gasteiger partial charge on any atom is 0.265 e. The van der Waals surface area contributed by atoms with Crippen LogP contribution >= 0.6 is 0 Å². The molecule has 0 N–H and O–H groups in total. The molecule has 0 aliphatic carbocycles. The Balaban J connectivity index is 1.85. The Morgan fingerprint density at radius 1 is 1.25 bits per heavy atom. The number of amides is 1. The SMILES string of the molecule is CCS(=O)(=O)N1C[C@H](C(=O)N2CCC(C)CC2)Oc2ccccc21. The summed E-state index contributed by atoms with van der Waals surface area (Å²) in [5, 5.41) is 0. The average molecular weight is 352 g/mol. The molecule has 0 aromatic heterocycles. The quantitative estimate of drug-likeness (QED) is 0.833. The summed E-state index contributed by atoms with van der Waals surface area (Å²) in [6.07, 6.45) is 1.17. The molecule has 0 bridgehead atoms. The molecule has 6 nitrogen and oxygen atoms in total. The fourth-order valence-corrected chi connectivity index (χ4v) is 4.31. The van der Waals surface area contributed by atoms with Crippen LogP contribution in [-0.2, 0) is 14.8 Å². The van der Waals surface area contributed by atoms with E-state index in [2.05, 4.69) is 6.92 Å². The van der Waals surface area contributed by atoms with Crippen molar-refractivity contribution in [3.63, 3.8) is 0 Å². The highest BCUT2D eigenvalue weighted by molar-refractivity contribution is 7.92. The van der Waals surface area contributed by atoms with E-state index >= 15 is 0 Å². The molecule has 2 aliphatic rings. The number of sulfonamides is 1. The van der Waals surface area contributed by atoms with Crippen molar-refractivity contribution in [1.82, 2.24) is 4.90 Å². The molecule has 1 atom stereocenters. The lowest BCUT2D eigenvalue weighted by molar-refractivity contribution is -0.139. The zero-order valence-electron chi connectivity index (χ0n) is 14.1. The third-order valence-electron chi connectivity index (χ3n) is 4.81. The minimum absolute atomic E-state index is 0.0104. The van der Waals surface area contributed by atoms with E-state index in [1.807, 2.05) is 0 Å². The van der Waals surface area contributed by atoms with Gasteiger partial charge in [-0.3, -0.25) is 9.10 Å². The van der Waals surface area contributed by atoms with E-state index in [-0.39, 0.29) is 18.2 Å².